The van der Waals surface area contributed by atoms with Crippen molar-refractivity contribution in [3.63, 3.8) is 0 Å². The highest BCUT2D eigenvalue weighted by atomic mass is 16.6. The van der Waals surface area contributed by atoms with Crippen LogP contribution in [0.3, 0.4) is 0 Å². The highest BCUT2D eigenvalue weighted by molar-refractivity contribution is 5.98. The van der Waals surface area contributed by atoms with E-state index in [0.29, 0.717) is 12.5 Å². The van der Waals surface area contributed by atoms with Crippen LogP contribution in [0.5, 0.6) is 0 Å². The molecule has 0 spiro atoms. The third-order valence-corrected chi connectivity index (χ3v) is 2.39. The molecule has 1 aliphatic heterocycles. The maximum atomic E-state index is 11.6. The summed E-state index contributed by atoms with van der Waals surface area (Å²) in [7, 11) is 0. The number of hydrogen-bond acceptors (Lipinski definition) is 3. The Hall–Kier alpha value is -1.06. The largest absolute Gasteiger partial charge is 0.443 e. The quantitative estimate of drug-likeness (QED) is 0.681. The van der Waals surface area contributed by atoms with E-state index in [2.05, 4.69) is 13.8 Å². The second-order valence-electron chi connectivity index (χ2n) is 5.76. The van der Waals surface area contributed by atoms with Crippen LogP contribution in [-0.4, -0.2) is 29.0 Å². The van der Waals surface area contributed by atoms with E-state index in [1.807, 2.05) is 0 Å². The molecule has 2 amide bonds. The molecule has 0 saturated carbocycles. The van der Waals surface area contributed by atoms with Gasteiger partial charge in [-0.15, -0.1) is 0 Å². The van der Waals surface area contributed by atoms with Crippen molar-refractivity contribution in [1.82, 2.24) is 4.90 Å². The standard InChI is InChI=1S/C12H21NO3/c1-8(2)6-9-7-13(10(9)14)11(15)16-12(3,4)5/h8-9H,6-7H2,1-5H3/t9-/m1/s1. The lowest BCUT2D eigenvalue weighted by Gasteiger charge is -2.38. The summed E-state index contributed by atoms with van der Waals surface area (Å²) in [5.74, 6) is 0.394. The lowest BCUT2D eigenvalue weighted by atomic mass is 9.90. The van der Waals surface area contributed by atoms with Crippen molar-refractivity contribution in [1.29, 1.82) is 0 Å². The predicted octanol–water partition coefficient (Wildman–Crippen LogP) is 2.43. The van der Waals surface area contributed by atoms with Crippen molar-refractivity contribution in [3.05, 3.63) is 0 Å². The van der Waals surface area contributed by atoms with Gasteiger partial charge in [-0.25, -0.2) is 9.69 Å². The molecule has 4 nitrogen and oxygen atoms in total. The number of nitrogens with zero attached hydrogens (tertiary/aromatic N) is 1. The zero-order valence-electron chi connectivity index (χ0n) is 10.7. The van der Waals surface area contributed by atoms with Gasteiger partial charge in [0.15, 0.2) is 0 Å². The topological polar surface area (TPSA) is 46.6 Å². The average molecular weight is 227 g/mol. The average Bonchev–Trinajstić information content (AvgIpc) is 2.07. The third-order valence-electron chi connectivity index (χ3n) is 2.39. The van der Waals surface area contributed by atoms with Gasteiger partial charge in [0.2, 0.25) is 5.91 Å². The molecule has 0 aromatic carbocycles. The van der Waals surface area contributed by atoms with Gasteiger partial charge in [0.05, 0.1) is 5.92 Å². The number of rotatable bonds is 2. The van der Waals surface area contributed by atoms with Crippen LogP contribution in [-0.2, 0) is 9.53 Å². The molecule has 1 atom stereocenters. The zero-order chi connectivity index (χ0) is 12.5. The minimum absolute atomic E-state index is 0.00696. The highest BCUT2D eigenvalue weighted by Crippen LogP contribution is 2.26. The lowest BCUT2D eigenvalue weighted by Crippen LogP contribution is -2.56. The fourth-order valence-corrected chi connectivity index (χ4v) is 1.72. The summed E-state index contributed by atoms with van der Waals surface area (Å²) >= 11 is 0. The zero-order valence-corrected chi connectivity index (χ0v) is 10.7. The summed E-state index contributed by atoms with van der Waals surface area (Å²) < 4.78 is 5.13. The molecule has 1 aliphatic rings. The van der Waals surface area contributed by atoms with Crippen LogP contribution >= 0.6 is 0 Å². The Labute approximate surface area is 96.9 Å². The predicted molar refractivity (Wildman–Crippen MR) is 60.9 cm³/mol. The van der Waals surface area contributed by atoms with Gasteiger partial charge in [0.25, 0.3) is 0 Å². The first-order valence-corrected chi connectivity index (χ1v) is 5.75. The second-order valence-corrected chi connectivity index (χ2v) is 5.76. The number of imide groups is 1. The molecular weight excluding hydrogens is 206 g/mol. The van der Waals surface area contributed by atoms with Crippen molar-refractivity contribution in [2.75, 3.05) is 6.54 Å². The van der Waals surface area contributed by atoms with Gasteiger partial charge in [-0.2, -0.15) is 0 Å². The monoisotopic (exact) mass is 227 g/mol. The molecule has 1 fully saturated rings. The number of likely N-dealkylation sites (tertiary alicyclic amines) is 1. The van der Waals surface area contributed by atoms with E-state index in [1.165, 1.54) is 4.90 Å². The maximum absolute atomic E-state index is 11.6. The smallest absolute Gasteiger partial charge is 0.417 e. The molecular formula is C12H21NO3. The molecule has 0 N–H and O–H groups in total. The lowest BCUT2D eigenvalue weighted by molar-refractivity contribution is -0.146. The maximum Gasteiger partial charge on any atom is 0.417 e. The van der Waals surface area contributed by atoms with Gasteiger partial charge in [-0.1, -0.05) is 13.8 Å². The minimum Gasteiger partial charge on any atom is -0.443 e. The molecule has 16 heavy (non-hydrogen) atoms. The van der Waals surface area contributed by atoms with Gasteiger partial charge >= 0.3 is 6.09 Å². The van der Waals surface area contributed by atoms with Crippen LogP contribution in [0.25, 0.3) is 0 Å². The summed E-state index contributed by atoms with van der Waals surface area (Å²) in [4.78, 5) is 24.4. The Morgan fingerprint density at radius 2 is 2.06 bits per heavy atom. The van der Waals surface area contributed by atoms with Crippen LogP contribution in [0.15, 0.2) is 0 Å². The number of amides is 2. The van der Waals surface area contributed by atoms with Gasteiger partial charge in [-0.05, 0) is 33.1 Å². The highest BCUT2D eigenvalue weighted by Gasteiger charge is 2.42. The summed E-state index contributed by atoms with van der Waals surface area (Å²) in [5, 5.41) is 0. The van der Waals surface area contributed by atoms with E-state index < -0.39 is 11.7 Å². The van der Waals surface area contributed by atoms with E-state index >= 15 is 0 Å². The molecule has 92 valence electrons. The van der Waals surface area contributed by atoms with Gasteiger partial charge in [0.1, 0.15) is 5.60 Å². The first-order chi connectivity index (χ1) is 7.20. The summed E-state index contributed by atoms with van der Waals surface area (Å²) in [5.41, 5.74) is -0.541. The van der Waals surface area contributed by atoms with Crippen LogP contribution in [0.1, 0.15) is 41.0 Å². The Morgan fingerprint density at radius 3 is 2.44 bits per heavy atom. The normalized spacial score (nSPS) is 21.0. The molecule has 0 aliphatic carbocycles. The van der Waals surface area contributed by atoms with E-state index in [0.717, 1.165) is 6.42 Å². The van der Waals surface area contributed by atoms with Gasteiger partial charge in [0, 0.05) is 6.54 Å². The Bertz CT molecular complexity index is 291. The molecule has 4 heteroatoms. The molecule has 0 aromatic heterocycles. The van der Waals surface area contributed by atoms with Crippen LogP contribution < -0.4 is 0 Å². The summed E-state index contributed by atoms with van der Waals surface area (Å²) in [6, 6.07) is 0. The number of hydrogen-bond donors (Lipinski definition) is 0. The van der Waals surface area contributed by atoms with E-state index in [-0.39, 0.29) is 11.8 Å². The second kappa shape index (κ2) is 4.44. The van der Waals surface area contributed by atoms with Gasteiger partial charge in [-0.3, -0.25) is 4.79 Å². The fourth-order valence-electron chi connectivity index (χ4n) is 1.72. The number of ether oxygens (including phenoxy) is 1. The minimum atomic E-state index is -0.541. The van der Waals surface area contributed by atoms with Crippen LogP contribution in [0.2, 0.25) is 0 Å². The Kier molecular flexibility index (Phi) is 3.61. The molecule has 0 unspecified atom stereocenters. The summed E-state index contributed by atoms with van der Waals surface area (Å²) in [6.45, 7) is 10.0. The van der Waals surface area contributed by atoms with Gasteiger partial charge < -0.3 is 4.74 Å². The third kappa shape index (κ3) is 3.22. The molecule has 1 rings (SSSR count). The molecule has 0 bridgehead atoms. The summed E-state index contributed by atoms with van der Waals surface area (Å²) in [6.07, 6.45) is 0.329. The van der Waals surface area contributed by atoms with E-state index in [4.69, 9.17) is 4.74 Å². The van der Waals surface area contributed by atoms with E-state index in [9.17, 15) is 9.59 Å². The fraction of sp³-hybridized carbons (Fsp3) is 0.833. The van der Waals surface area contributed by atoms with Crippen LogP contribution in [0.4, 0.5) is 4.79 Å². The number of β-lactam (4-membered cyclic amide) rings is 1. The SMILES string of the molecule is CC(C)C[C@@H]1CN(C(=O)OC(C)(C)C)C1=O. The first kappa shape index (κ1) is 13.0. The molecule has 0 radical (unpaired) electrons. The molecule has 1 saturated heterocycles. The van der Waals surface area contributed by atoms with Crippen molar-refractivity contribution >= 4 is 12.0 Å². The Morgan fingerprint density at radius 1 is 1.50 bits per heavy atom. The molecule has 0 aromatic rings. The molecule has 1 heterocycles. The van der Waals surface area contributed by atoms with Crippen molar-refractivity contribution < 1.29 is 14.3 Å². The number of carbonyl (C=O) groups is 2. The van der Waals surface area contributed by atoms with Crippen molar-refractivity contribution in [3.8, 4) is 0 Å². The number of carbonyl (C=O) groups excluding carboxylic acids is 2. The van der Waals surface area contributed by atoms with Crippen LogP contribution in [0, 0.1) is 11.8 Å². The van der Waals surface area contributed by atoms with E-state index in [1.54, 1.807) is 20.8 Å². The first-order valence-electron chi connectivity index (χ1n) is 5.75. The Balaban J connectivity index is 2.43. The van der Waals surface area contributed by atoms with Crippen molar-refractivity contribution in [2.24, 2.45) is 11.8 Å². The van der Waals surface area contributed by atoms with Crippen molar-refractivity contribution in [2.45, 2.75) is 46.6 Å².